The van der Waals surface area contributed by atoms with Gasteiger partial charge in [0.15, 0.2) is 0 Å². The number of hydrogen-bond acceptors (Lipinski definition) is 2. The highest BCUT2D eigenvalue weighted by molar-refractivity contribution is 6.30. The number of para-hydroxylation sites is 1. The van der Waals surface area contributed by atoms with Gasteiger partial charge in [0.2, 0.25) is 0 Å². The fourth-order valence-electron chi connectivity index (χ4n) is 3.73. The largest absolute Gasteiger partial charge is 0.240 e. The van der Waals surface area contributed by atoms with Crippen molar-refractivity contribution in [3.8, 4) is 23.0 Å². The summed E-state index contributed by atoms with van der Waals surface area (Å²) in [5, 5.41) is 17.7. The molecule has 5 aromatic rings. The average molecular weight is 432 g/mol. The number of aromatic nitrogens is 2. The van der Waals surface area contributed by atoms with E-state index in [2.05, 4.69) is 36.4 Å². The van der Waals surface area contributed by atoms with Crippen LogP contribution in [0.4, 0.5) is 0 Å². The smallest absolute Gasteiger partial charge is 0.100 e. The lowest BCUT2D eigenvalue weighted by Crippen LogP contribution is -1.94. The van der Waals surface area contributed by atoms with Gasteiger partial charge in [-0.15, -0.1) is 0 Å². The van der Waals surface area contributed by atoms with Gasteiger partial charge < -0.3 is 0 Å². The summed E-state index contributed by atoms with van der Waals surface area (Å²) in [6, 6.07) is 34.1. The van der Waals surface area contributed by atoms with E-state index in [1.165, 1.54) is 5.39 Å². The van der Waals surface area contributed by atoms with Crippen LogP contribution in [0.2, 0.25) is 5.02 Å². The van der Waals surface area contributed by atoms with E-state index in [9.17, 15) is 5.26 Å². The van der Waals surface area contributed by atoms with E-state index in [-0.39, 0.29) is 0 Å². The molecular formula is C28H18ClN3. The van der Waals surface area contributed by atoms with E-state index in [0.717, 1.165) is 33.5 Å². The monoisotopic (exact) mass is 431 g/mol. The van der Waals surface area contributed by atoms with Crippen LogP contribution in [0.5, 0.6) is 0 Å². The Labute approximate surface area is 191 Å². The molecule has 32 heavy (non-hydrogen) atoms. The molecule has 0 aliphatic heterocycles. The Morgan fingerprint density at radius 1 is 0.844 bits per heavy atom. The van der Waals surface area contributed by atoms with Gasteiger partial charge in [-0.05, 0) is 52.7 Å². The second-order valence-electron chi connectivity index (χ2n) is 7.45. The van der Waals surface area contributed by atoms with E-state index in [0.29, 0.717) is 10.6 Å². The minimum atomic E-state index is 0.552. The minimum absolute atomic E-state index is 0.552. The quantitative estimate of drug-likeness (QED) is 0.278. The molecule has 5 rings (SSSR count). The molecule has 0 saturated heterocycles. The first kappa shape index (κ1) is 19.8. The highest BCUT2D eigenvalue weighted by Gasteiger charge is 2.13. The Balaban J connectivity index is 1.68. The number of rotatable bonds is 4. The number of allylic oxidation sites excluding steroid dienone is 1. The molecule has 0 atom stereocenters. The number of hydrogen-bond donors (Lipinski definition) is 0. The SMILES string of the molecule is N#CC(=Cc1cn(-c2ccccc2)nc1-c1ccc2ccccc2c1)c1ccc(Cl)cc1. The van der Waals surface area contributed by atoms with Gasteiger partial charge in [0, 0.05) is 22.3 Å². The highest BCUT2D eigenvalue weighted by Crippen LogP contribution is 2.30. The van der Waals surface area contributed by atoms with Crippen LogP contribution in [0.25, 0.3) is 39.4 Å². The second-order valence-corrected chi connectivity index (χ2v) is 7.89. The van der Waals surface area contributed by atoms with Crippen molar-refractivity contribution < 1.29 is 0 Å². The van der Waals surface area contributed by atoms with Crippen LogP contribution in [0, 0.1) is 11.3 Å². The summed E-state index contributed by atoms with van der Waals surface area (Å²) in [6.07, 6.45) is 3.85. The van der Waals surface area contributed by atoms with Gasteiger partial charge in [-0.1, -0.05) is 78.3 Å². The zero-order valence-electron chi connectivity index (χ0n) is 17.1. The molecule has 0 fully saturated rings. The molecule has 0 amide bonds. The summed E-state index contributed by atoms with van der Waals surface area (Å²) in [6.45, 7) is 0. The molecule has 0 aliphatic carbocycles. The van der Waals surface area contributed by atoms with Crippen molar-refractivity contribution in [2.75, 3.05) is 0 Å². The van der Waals surface area contributed by atoms with Gasteiger partial charge in [-0.2, -0.15) is 10.4 Å². The topological polar surface area (TPSA) is 41.6 Å². The number of halogens is 1. The van der Waals surface area contributed by atoms with E-state index in [1.54, 1.807) is 12.1 Å². The van der Waals surface area contributed by atoms with Crippen molar-refractivity contribution in [1.82, 2.24) is 9.78 Å². The minimum Gasteiger partial charge on any atom is -0.240 e. The lowest BCUT2D eigenvalue weighted by Gasteiger charge is -2.04. The molecule has 0 bridgehead atoms. The summed E-state index contributed by atoms with van der Waals surface area (Å²) >= 11 is 6.03. The fraction of sp³-hybridized carbons (Fsp3) is 0. The summed E-state index contributed by atoms with van der Waals surface area (Å²) < 4.78 is 1.85. The van der Waals surface area contributed by atoms with Crippen molar-refractivity contribution in [3.63, 3.8) is 0 Å². The lowest BCUT2D eigenvalue weighted by molar-refractivity contribution is 0.884. The van der Waals surface area contributed by atoms with Gasteiger partial charge >= 0.3 is 0 Å². The molecule has 0 aliphatic rings. The molecule has 1 heterocycles. The predicted octanol–water partition coefficient (Wildman–Crippen LogP) is 7.41. The zero-order chi connectivity index (χ0) is 21.9. The Bertz CT molecular complexity index is 1470. The molecule has 0 saturated carbocycles. The van der Waals surface area contributed by atoms with Crippen LogP contribution in [0.3, 0.4) is 0 Å². The van der Waals surface area contributed by atoms with Gasteiger partial charge in [0.25, 0.3) is 0 Å². The third kappa shape index (κ3) is 3.92. The molecule has 3 nitrogen and oxygen atoms in total. The van der Waals surface area contributed by atoms with Crippen molar-refractivity contribution in [1.29, 1.82) is 5.26 Å². The number of benzene rings is 4. The molecule has 4 aromatic carbocycles. The van der Waals surface area contributed by atoms with Crippen LogP contribution in [0.1, 0.15) is 11.1 Å². The summed E-state index contributed by atoms with van der Waals surface area (Å²) in [7, 11) is 0. The predicted molar refractivity (Wildman–Crippen MR) is 131 cm³/mol. The van der Waals surface area contributed by atoms with Crippen molar-refractivity contribution in [2.24, 2.45) is 0 Å². The summed E-state index contributed by atoms with van der Waals surface area (Å²) in [4.78, 5) is 0. The van der Waals surface area contributed by atoms with E-state index in [4.69, 9.17) is 16.7 Å². The van der Waals surface area contributed by atoms with Crippen LogP contribution in [0.15, 0.2) is 103 Å². The third-order valence-electron chi connectivity index (χ3n) is 5.36. The van der Waals surface area contributed by atoms with Gasteiger partial charge in [-0.3, -0.25) is 0 Å². The average Bonchev–Trinajstić information content (AvgIpc) is 3.27. The van der Waals surface area contributed by atoms with E-state index < -0.39 is 0 Å². The van der Waals surface area contributed by atoms with Gasteiger partial charge in [-0.25, -0.2) is 4.68 Å². The van der Waals surface area contributed by atoms with Crippen molar-refractivity contribution in [2.45, 2.75) is 0 Å². The molecule has 0 spiro atoms. The number of nitriles is 1. The molecule has 0 unspecified atom stereocenters. The van der Waals surface area contributed by atoms with Crippen LogP contribution >= 0.6 is 11.6 Å². The van der Waals surface area contributed by atoms with Crippen molar-refractivity contribution >= 4 is 34.0 Å². The first-order valence-electron chi connectivity index (χ1n) is 10.2. The normalized spacial score (nSPS) is 11.4. The second kappa shape index (κ2) is 8.55. The molecule has 1 aromatic heterocycles. The number of fused-ring (bicyclic) bond motifs is 1. The standard InChI is InChI=1S/C28H18ClN3/c29-26-14-12-21(13-15-26)24(18-30)17-25-19-32(27-8-2-1-3-9-27)31-28(25)23-11-10-20-6-4-5-7-22(20)16-23/h1-17,19H. The molecular weight excluding hydrogens is 414 g/mol. The van der Waals surface area contributed by atoms with E-state index >= 15 is 0 Å². The first-order chi connectivity index (χ1) is 15.7. The van der Waals surface area contributed by atoms with E-state index in [1.807, 2.05) is 71.6 Å². The molecule has 152 valence electrons. The Kier molecular flexibility index (Phi) is 5.29. The Morgan fingerprint density at radius 2 is 1.56 bits per heavy atom. The lowest BCUT2D eigenvalue weighted by atomic mass is 10.0. The van der Waals surface area contributed by atoms with Crippen LogP contribution < -0.4 is 0 Å². The molecule has 0 radical (unpaired) electrons. The van der Waals surface area contributed by atoms with Crippen LogP contribution in [-0.2, 0) is 0 Å². The molecule has 0 N–H and O–H groups in total. The molecule has 4 heteroatoms. The highest BCUT2D eigenvalue weighted by atomic mass is 35.5. The first-order valence-corrected chi connectivity index (χ1v) is 10.6. The van der Waals surface area contributed by atoms with Gasteiger partial charge in [0.05, 0.1) is 17.3 Å². The summed E-state index contributed by atoms with van der Waals surface area (Å²) in [5.41, 5.74) is 5.01. The zero-order valence-corrected chi connectivity index (χ0v) is 17.9. The van der Waals surface area contributed by atoms with Gasteiger partial charge in [0.1, 0.15) is 5.69 Å². The third-order valence-corrected chi connectivity index (χ3v) is 5.61. The van der Waals surface area contributed by atoms with Crippen LogP contribution in [-0.4, -0.2) is 9.78 Å². The maximum absolute atomic E-state index is 9.86. The fourth-order valence-corrected chi connectivity index (χ4v) is 3.86. The maximum atomic E-state index is 9.86. The van der Waals surface area contributed by atoms with Crippen molar-refractivity contribution in [3.05, 3.63) is 119 Å². The maximum Gasteiger partial charge on any atom is 0.100 e. The number of nitrogens with zero attached hydrogens (tertiary/aromatic N) is 3. The summed E-state index contributed by atoms with van der Waals surface area (Å²) in [5.74, 6) is 0. The Hall–Kier alpha value is -4.13. The Morgan fingerprint density at radius 3 is 2.31 bits per heavy atom.